The molecule has 0 heterocycles. The summed E-state index contributed by atoms with van der Waals surface area (Å²) in [6.45, 7) is 13.7. The Morgan fingerprint density at radius 1 is 0.583 bits per heavy atom. The Morgan fingerprint density at radius 3 is 1.42 bits per heavy atom. The molecule has 48 heavy (non-hydrogen) atoms. The van der Waals surface area contributed by atoms with Crippen LogP contribution < -0.4 is 0 Å². The zero-order valence-electron chi connectivity index (χ0n) is 27.9. The molecule has 0 aliphatic heterocycles. The normalized spacial score (nSPS) is 15.0. The van der Waals surface area contributed by atoms with Gasteiger partial charge in [0.2, 0.25) is 0 Å². The first-order valence-electron chi connectivity index (χ1n) is 16.1. The SMILES string of the molecule is CC(C)(C)c1ccc2c(c1)[CH]([Zr]([C]1=CC=CC1)=[C](c1cccc(C(Cl)(Cl)Cl)c1)c1cccc(C(Cl)(Cl)Cl)c1)c1cc(C(C)(C)C)ccc1-2. The van der Waals surface area contributed by atoms with Crippen LogP contribution in [0.4, 0.5) is 0 Å². The predicted octanol–water partition coefficient (Wildman–Crippen LogP) is 13.7. The van der Waals surface area contributed by atoms with Crippen molar-refractivity contribution in [2.75, 3.05) is 0 Å². The van der Waals surface area contributed by atoms with Crippen LogP contribution in [-0.4, -0.2) is 3.21 Å². The molecule has 4 aromatic carbocycles. The average Bonchev–Trinajstić information content (AvgIpc) is 3.64. The van der Waals surface area contributed by atoms with E-state index in [1.54, 1.807) is 0 Å². The molecule has 0 spiro atoms. The molecule has 6 rings (SSSR count). The molecule has 0 amide bonds. The van der Waals surface area contributed by atoms with E-state index in [0.717, 1.165) is 17.5 Å². The molecule has 0 saturated carbocycles. The molecule has 0 nitrogen and oxygen atoms in total. The van der Waals surface area contributed by atoms with Gasteiger partial charge in [-0.3, -0.25) is 0 Å². The number of benzene rings is 4. The second-order valence-electron chi connectivity index (χ2n) is 14.8. The monoisotopic (exact) mass is 830 g/mol. The number of fused-ring (bicyclic) bond motifs is 3. The van der Waals surface area contributed by atoms with Crippen LogP contribution in [0.3, 0.4) is 0 Å². The molecule has 4 aromatic rings. The van der Waals surface area contributed by atoms with Gasteiger partial charge in [0.15, 0.2) is 0 Å². The van der Waals surface area contributed by atoms with E-state index in [2.05, 4.69) is 108 Å². The summed E-state index contributed by atoms with van der Waals surface area (Å²) in [5.41, 5.74) is 11.4. The van der Waals surface area contributed by atoms with E-state index in [1.165, 1.54) is 39.9 Å². The first-order valence-corrected chi connectivity index (χ1v) is 22.2. The third-order valence-corrected chi connectivity index (χ3v) is 19.0. The standard InChI is InChI=1S/C21H25.C15H8Cl6.C5H5.Zr/c1-20(2,3)16-7-9-18-14(12-16)11-15-13-17(21(4,5)6)8-10-19(15)18;16-14(17,18)12-5-1-3-10(8-12)7-11-4-2-6-13(9-11)15(19,20)21;1-2-4-5-3-1;/h7-13H,1-6H3;1-6,8-9H;1-3H,4H2;. The Hall–Kier alpha value is -1.15. The summed E-state index contributed by atoms with van der Waals surface area (Å²) in [4.78, 5) is 0. The summed E-state index contributed by atoms with van der Waals surface area (Å²) in [7, 11) is 0. The Labute approximate surface area is 323 Å². The molecule has 0 unspecified atom stereocenters. The number of alkyl halides is 6. The van der Waals surface area contributed by atoms with Crippen molar-refractivity contribution in [1.29, 1.82) is 0 Å². The van der Waals surface area contributed by atoms with Gasteiger partial charge in [0.05, 0.1) is 0 Å². The summed E-state index contributed by atoms with van der Waals surface area (Å²) >= 11 is 36.0. The molecule has 0 saturated heterocycles. The van der Waals surface area contributed by atoms with Crippen molar-refractivity contribution in [3.8, 4) is 11.1 Å². The van der Waals surface area contributed by atoms with E-state index in [4.69, 9.17) is 69.6 Å². The van der Waals surface area contributed by atoms with E-state index in [9.17, 15) is 0 Å². The molecular formula is C41H38Cl6Zr. The summed E-state index contributed by atoms with van der Waals surface area (Å²) in [5, 5.41) is 0. The first-order chi connectivity index (χ1) is 22.3. The quantitative estimate of drug-likeness (QED) is 0.180. The molecule has 0 N–H and O–H groups in total. The second kappa shape index (κ2) is 13.4. The first kappa shape index (κ1) is 36.6. The summed E-state index contributed by atoms with van der Waals surface area (Å²) in [6, 6.07) is 30.4. The third kappa shape index (κ3) is 7.42. The molecule has 0 fully saturated rings. The van der Waals surface area contributed by atoms with Gasteiger partial charge in [0.1, 0.15) is 0 Å². The molecule has 7 heteroatoms. The van der Waals surface area contributed by atoms with E-state index >= 15 is 0 Å². The number of rotatable bonds is 4. The van der Waals surface area contributed by atoms with Crippen molar-refractivity contribution >= 4 is 72.8 Å². The fourth-order valence-electron chi connectivity index (χ4n) is 6.82. The topological polar surface area (TPSA) is 0 Å². The summed E-state index contributed by atoms with van der Waals surface area (Å²) in [5.74, 6) is 0. The molecular weight excluding hydrogens is 796 g/mol. The van der Waals surface area contributed by atoms with Crippen LogP contribution in [0.15, 0.2) is 106 Å². The molecule has 2 aliphatic carbocycles. The van der Waals surface area contributed by atoms with Crippen molar-refractivity contribution < 1.29 is 21.3 Å². The van der Waals surface area contributed by atoms with Crippen molar-refractivity contribution in [1.82, 2.24) is 0 Å². The van der Waals surface area contributed by atoms with Gasteiger partial charge in [-0.05, 0) is 0 Å². The van der Waals surface area contributed by atoms with Gasteiger partial charge in [0.25, 0.3) is 0 Å². The maximum atomic E-state index is 6.52. The van der Waals surface area contributed by atoms with Gasteiger partial charge in [-0.15, -0.1) is 0 Å². The van der Waals surface area contributed by atoms with E-state index in [0.29, 0.717) is 11.1 Å². The van der Waals surface area contributed by atoms with Crippen molar-refractivity contribution in [3.63, 3.8) is 0 Å². The number of hydrogen-bond acceptors (Lipinski definition) is 0. The molecule has 0 atom stereocenters. The maximum absolute atomic E-state index is 6.52. The van der Waals surface area contributed by atoms with Crippen LogP contribution in [0.25, 0.3) is 11.1 Å². The second-order valence-corrected chi connectivity index (χ2v) is 25.6. The minimum atomic E-state index is -3.11. The van der Waals surface area contributed by atoms with Gasteiger partial charge in [-0.25, -0.2) is 0 Å². The zero-order valence-corrected chi connectivity index (χ0v) is 34.9. The van der Waals surface area contributed by atoms with Crippen molar-refractivity contribution in [3.05, 3.63) is 151 Å². The Kier molecular flexibility index (Phi) is 10.3. The van der Waals surface area contributed by atoms with Gasteiger partial charge in [-0.1, -0.05) is 0 Å². The Bertz CT molecular complexity index is 1870. The molecule has 0 radical (unpaired) electrons. The summed E-state index contributed by atoms with van der Waals surface area (Å²) < 4.78 is -0.180. The van der Waals surface area contributed by atoms with E-state index < -0.39 is 28.9 Å². The van der Waals surface area contributed by atoms with Crippen molar-refractivity contribution in [2.24, 2.45) is 0 Å². The van der Waals surface area contributed by atoms with E-state index in [1.807, 2.05) is 36.4 Å². The van der Waals surface area contributed by atoms with Crippen LogP contribution in [0, 0.1) is 0 Å². The summed E-state index contributed by atoms with van der Waals surface area (Å²) in [6.07, 6.45) is 7.74. The Balaban J connectivity index is 1.78. The van der Waals surface area contributed by atoms with Crippen LogP contribution >= 0.6 is 69.6 Å². The zero-order chi connectivity index (χ0) is 34.8. The van der Waals surface area contributed by atoms with Crippen LogP contribution in [0.5, 0.6) is 0 Å². The third-order valence-electron chi connectivity index (χ3n) is 9.38. The molecule has 248 valence electrons. The fourth-order valence-corrected chi connectivity index (χ4v) is 16.4. The van der Waals surface area contributed by atoms with Gasteiger partial charge in [0, 0.05) is 0 Å². The predicted molar refractivity (Wildman–Crippen MR) is 208 cm³/mol. The average molecular weight is 835 g/mol. The van der Waals surface area contributed by atoms with Gasteiger partial charge < -0.3 is 0 Å². The van der Waals surface area contributed by atoms with Crippen LogP contribution in [-0.2, 0) is 39.7 Å². The Morgan fingerprint density at radius 2 is 1.04 bits per heavy atom. The number of allylic oxidation sites excluding steroid dienone is 4. The minimum absolute atomic E-state index is 0.00735. The van der Waals surface area contributed by atoms with Crippen LogP contribution in [0.2, 0.25) is 0 Å². The van der Waals surface area contributed by atoms with E-state index in [-0.39, 0.29) is 14.5 Å². The van der Waals surface area contributed by atoms with Crippen molar-refractivity contribution in [2.45, 2.75) is 70.0 Å². The van der Waals surface area contributed by atoms with Gasteiger partial charge in [-0.2, -0.15) is 0 Å². The molecule has 2 aliphatic rings. The molecule has 0 aromatic heterocycles. The number of hydrogen-bond donors (Lipinski definition) is 0. The molecule has 0 bridgehead atoms. The number of halogens is 6. The fraction of sp³-hybridized carbons (Fsp3) is 0.293. The van der Waals surface area contributed by atoms with Crippen LogP contribution in [0.1, 0.15) is 96.1 Å². The van der Waals surface area contributed by atoms with Gasteiger partial charge >= 0.3 is 326 Å².